The van der Waals surface area contributed by atoms with Gasteiger partial charge in [0.1, 0.15) is 6.61 Å². The summed E-state index contributed by atoms with van der Waals surface area (Å²) in [6.07, 6.45) is 1.08. The fourth-order valence-corrected chi connectivity index (χ4v) is 2.76. The van der Waals surface area contributed by atoms with E-state index in [4.69, 9.17) is 4.74 Å². The van der Waals surface area contributed by atoms with Crippen molar-refractivity contribution < 1.29 is 14.3 Å². The van der Waals surface area contributed by atoms with E-state index < -0.39 is 0 Å². The van der Waals surface area contributed by atoms with Crippen molar-refractivity contribution in [3.8, 4) is 0 Å². The number of nitrogens with zero attached hydrogens (tertiary/aromatic N) is 1. The van der Waals surface area contributed by atoms with Crippen LogP contribution in [0.15, 0.2) is 30.3 Å². The lowest BCUT2D eigenvalue weighted by molar-refractivity contribution is -0.143. The number of fused-ring (bicyclic) bond motifs is 1. The number of esters is 1. The van der Waals surface area contributed by atoms with Crippen molar-refractivity contribution >= 4 is 11.9 Å². The third kappa shape index (κ3) is 1.88. The Morgan fingerprint density at radius 1 is 1.22 bits per heavy atom. The van der Waals surface area contributed by atoms with E-state index in [0.717, 1.165) is 5.56 Å². The van der Waals surface area contributed by atoms with E-state index in [1.54, 1.807) is 4.90 Å². The van der Waals surface area contributed by atoms with Gasteiger partial charge in [0.15, 0.2) is 0 Å². The lowest BCUT2D eigenvalue weighted by Gasteiger charge is -2.34. The van der Waals surface area contributed by atoms with Gasteiger partial charge in [0.05, 0.1) is 12.0 Å². The SMILES string of the molecule is O=C1OC[C@@H]2[C@H]1CCC(=O)N2Cc1ccccc1. The molecule has 2 aliphatic rings. The van der Waals surface area contributed by atoms with Gasteiger partial charge in [-0.15, -0.1) is 0 Å². The zero-order valence-electron chi connectivity index (χ0n) is 10.0. The number of hydrogen-bond donors (Lipinski definition) is 0. The van der Waals surface area contributed by atoms with Crippen molar-refractivity contribution in [3.63, 3.8) is 0 Å². The standard InChI is InChI=1S/C14H15NO3/c16-13-7-6-11-12(9-18-14(11)17)15(13)8-10-4-2-1-3-5-10/h1-5,11-12H,6-9H2/t11-,12-/m1/s1. The Morgan fingerprint density at radius 3 is 2.78 bits per heavy atom. The van der Waals surface area contributed by atoms with Crippen molar-refractivity contribution in [1.82, 2.24) is 4.90 Å². The molecule has 1 aromatic carbocycles. The summed E-state index contributed by atoms with van der Waals surface area (Å²) in [5.41, 5.74) is 1.09. The van der Waals surface area contributed by atoms with Crippen molar-refractivity contribution in [2.75, 3.05) is 6.61 Å². The molecule has 2 heterocycles. The van der Waals surface area contributed by atoms with Gasteiger partial charge in [0, 0.05) is 13.0 Å². The van der Waals surface area contributed by atoms with Gasteiger partial charge < -0.3 is 9.64 Å². The molecule has 0 spiro atoms. The Morgan fingerprint density at radius 2 is 2.00 bits per heavy atom. The maximum Gasteiger partial charge on any atom is 0.311 e. The van der Waals surface area contributed by atoms with Gasteiger partial charge in [-0.2, -0.15) is 0 Å². The lowest BCUT2D eigenvalue weighted by Crippen LogP contribution is -2.48. The van der Waals surface area contributed by atoms with Crippen molar-refractivity contribution in [2.45, 2.75) is 25.4 Å². The van der Waals surface area contributed by atoms with Crippen LogP contribution < -0.4 is 0 Å². The van der Waals surface area contributed by atoms with E-state index in [1.165, 1.54) is 0 Å². The average molecular weight is 245 g/mol. The molecular formula is C14H15NO3. The minimum Gasteiger partial charge on any atom is -0.463 e. The summed E-state index contributed by atoms with van der Waals surface area (Å²) in [6, 6.07) is 9.78. The van der Waals surface area contributed by atoms with Crippen molar-refractivity contribution in [1.29, 1.82) is 0 Å². The van der Waals surface area contributed by atoms with Crippen LogP contribution >= 0.6 is 0 Å². The highest BCUT2D eigenvalue weighted by atomic mass is 16.5. The minimum absolute atomic E-state index is 0.0704. The molecule has 18 heavy (non-hydrogen) atoms. The topological polar surface area (TPSA) is 46.6 Å². The fraction of sp³-hybridized carbons (Fsp3) is 0.429. The van der Waals surface area contributed by atoms with Crippen LogP contribution in [0, 0.1) is 5.92 Å². The number of ether oxygens (including phenoxy) is 1. The second kappa shape index (κ2) is 4.44. The molecule has 0 saturated carbocycles. The maximum absolute atomic E-state index is 12.0. The zero-order chi connectivity index (χ0) is 12.5. The molecule has 4 nitrogen and oxygen atoms in total. The minimum atomic E-state index is -0.148. The van der Waals surface area contributed by atoms with Gasteiger partial charge in [-0.05, 0) is 12.0 Å². The molecule has 4 heteroatoms. The molecule has 0 unspecified atom stereocenters. The molecule has 1 aromatic rings. The normalized spacial score (nSPS) is 27.0. The number of amides is 1. The third-order valence-corrected chi connectivity index (χ3v) is 3.75. The van der Waals surface area contributed by atoms with Gasteiger partial charge in [0.25, 0.3) is 0 Å². The molecule has 2 aliphatic heterocycles. The number of rotatable bonds is 2. The second-order valence-electron chi connectivity index (χ2n) is 4.85. The summed E-state index contributed by atoms with van der Waals surface area (Å²) >= 11 is 0. The number of piperidine rings is 1. The number of carbonyl (C=O) groups excluding carboxylic acids is 2. The van der Waals surface area contributed by atoms with Crippen molar-refractivity contribution in [2.24, 2.45) is 5.92 Å². The quantitative estimate of drug-likeness (QED) is 0.739. The van der Waals surface area contributed by atoms with Gasteiger partial charge in [-0.1, -0.05) is 30.3 Å². The van der Waals surface area contributed by atoms with Crippen LogP contribution in [0.5, 0.6) is 0 Å². The van der Waals surface area contributed by atoms with E-state index in [2.05, 4.69) is 0 Å². The highest BCUT2D eigenvalue weighted by Gasteiger charge is 2.45. The van der Waals surface area contributed by atoms with Crippen molar-refractivity contribution in [3.05, 3.63) is 35.9 Å². The van der Waals surface area contributed by atoms with Gasteiger partial charge in [0.2, 0.25) is 5.91 Å². The van der Waals surface area contributed by atoms with Crippen LogP contribution in [0.3, 0.4) is 0 Å². The first kappa shape index (κ1) is 11.3. The summed E-state index contributed by atoms with van der Waals surface area (Å²) in [7, 11) is 0. The van der Waals surface area contributed by atoms with Crippen LogP contribution in [-0.4, -0.2) is 29.4 Å². The molecule has 3 rings (SSSR count). The van der Waals surface area contributed by atoms with Gasteiger partial charge in [-0.25, -0.2) is 0 Å². The lowest BCUT2D eigenvalue weighted by atomic mass is 9.90. The Kier molecular flexibility index (Phi) is 2.78. The highest BCUT2D eigenvalue weighted by Crippen LogP contribution is 2.31. The Balaban J connectivity index is 1.81. The molecular weight excluding hydrogens is 230 g/mol. The van der Waals surface area contributed by atoms with E-state index in [9.17, 15) is 9.59 Å². The number of hydrogen-bond acceptors (Lipinski definition) is 3. The molecule has 0 radical (unpaired) electrons. The summed E-state index contributed by atoms with van der Waals surface area (Å²) in [5, 5.41) is 0. The van der Waals surface area contributed by atoms with Crippen LogP contribution in [0.25, 0.3) is 0 Å². The molecule has 0 bridgehead atoms. The molecule has 0 N–H and O–H groups in total. The monoisotopic (exact) mass is 245 g/mol. The number of carbonyl (C=O) groups is 2. The van der Waals surface area contributed by atoms with Crippen LogP contribution in [0.1, 0.15) is 18.4 Å². The second-order valence-corrected chi connectivity index (χ2v) is 4.85. The third-order valence-electron chi connectivity index (χ3n) is 3.75. The fourth-order valence-electron chi connectivity index (χ4n) is 2.76. The number of likely N-dealkylation sites (tertiary alicyclic amines) is 1. The Labute approximate surface area is 106 Å². The Hall–Kier alpha value is -1.84. The van der Waals surface area contributed by atoms with E-state index in [-0.39, 0.29) is 23.8 Å². The Bertz CT molecular complexity index is 471. The average Bonchev–Trinajstić information content (AvgIpc) is 2.76. The summed E-state index contributed by atoms with van der Waals surface area (Å²) in [6.45, 7) is 0.916. The molecule has 2 fully saturated rings. The molecule has 94 valence electrons. The van der Waals surface area contributed by atoms with Crippen LogP contribution in [-0.2, 0) is 20.9 Å². The molecule has 0 aliphatic carbocycles. The van der Waals surface area contributed by atoms with Crippen LogP contribution in [0.4, 0.5) is 0 Å². The van der Waals surface area contributed by atoms with E-state index in [1.807, 2.05) is 30.3 Å². The van der Waals surface area contributed by atoms with Crippen LogP contribution in [0.2, 0.25) is 0 Å². The summed E-state index contributed by atoms with van der Waals surface area (Å²) in [4.78, 5) is 25.4. The smallest absolute Gasteiger partial charge is 0.311 e. The van der Waals surface area contributed by atoms with Gasteiger partial charge >= 0.3 is 5.97 Å². The molecule has 1 amide bonds. The maximum atomic E-state index is 12.0. The number of benzene rings is 1. The predicted octanol–water partition coefficient (Wildman–Crippen LogP) is 1.35. The predicted molar refractivity (Wildman–Crippen MR) is 64.5 cm³/mol. The van der Waals surface area contributed by atoms with E-state index in [0.29, 0.717) is 26.0 Å². The molecule has 0 aromatic heterocycles. The van der Waals surface area contributed by atoms with E-state index >= 15 is 0 Å². The van der Waals surface area contributed by atoms with Gasteiger partial charge in [-0.3, -0.25) is 9.59 Å². The number of cyclic esters (lactones) is 1. The first-order chi connectivity index (χ1) is 8.75. The molecule has 2 atom stereocenters. The zero-order valence-corrected chi connectivity index (χ0v) is 10.0. The first-order valence-corrected chi connectivity index (χ1v) is 6.26. The largest absolute Gasteiger partial charge is 0.463 e. The highest BCUT2D eigenvalue weighted by molar-refractivity contribution is 5.83. The first-order valence-electron chi connectivity index (χ1n) is 6.26. The summed E-state index contributed by atoms with van der Waals surface area (Å²) < 4.78 is 5.08. The summed E-state index contributed by atoms with van der Waals surface area (Å²) in [5.74, 6) is -0.143. The molecule has 2 saturated heterocycles.